The van der Waals surface area contributed by atoms with Crippen LogP contribution >= 0.6 is 0 Å². The number of nitrogens with one attached hydrogen (secondary N) is 1. The van der Waals surface area contributed by atoms with Crippen molar-refractivity contribution in [1.82, 2.24) is 9.99 Å². The minimum absolute atomic E-state index is 0.258. The van der Waals surface area contributed by atoms with Crippen LogP contribution in [0.3, 0.4) is 0 Å². The van der Waals surface area contributed by atoms with Crippen LogP contribution in [0, 0.1) is 6.92 Å². The van der Waals surface area contributed by atoms with Crippen molar-refractivity contribution >= 4 is 23.0 Å². The Balaban J connectivity index is 1.47. The van der Waals surface area contributed by atoms with Crippen molar-refractivity contribution in [3.8, 4) is 5.75 Å². The van der Waals surface area contributed by atoms with E-state index in [2.05, 4.69) is 71.5 Å². The highest BCUT2D eigenvalue weighted by molar-refractivity contribution is 6.00. The van der Waals surface area contributed by atoms with Gasteiger partial charge in [-0.2, -0.15) is 5.10 Å². The first-order chi connectivity index (χ1) is 15.6. The van der Waals surface area contributed by atoms with Crippen LogP contribution in [-0.4, -0.2) is 23.3 Å². The highest BCUT2D eigenvalue weighted by atomic mass is 16.5. The summed E-state index contributed by atoms with van der Waals surface area (Å²) >= 11 is 0. The molecule has 0 radical (unpaired) electrons. The van der Waals surface area contributed by atoms with Crippen LogP contribution in [0.4, 0.5) is 0 Å². The average Bonchev–Trinajstić information content (AvgIpc) is 3.17. The highest BCUT2D eigenvalue weighted by Gasteiger charge is 2.08. The fourth-order valence-corrected chi connectivity index (χ4v) is 3.55. The van der Waals surface area contributed by atoms with E-state index in [0.29, 0.717) is 12.2 Å². The molecule has 4 aromatic rings. The van der Waals surface area contributed by atoms with Gasteiger partial charge in [0, 0.05) is 34.8 Å². The van der Waals surface area contributed by atoms with Gasteiger partial charge in [-0.25, -0.2) is 5.43 Å². The van der Waals surface area contributed by atoms with Gasteiger partial charge in [-0.3, -0.25) is 4.79 Å². The zero-order valence-corrected chi connectivity index (χ0v) is 18.4. The zero-order chi connectivity index (χ0) is 22.3. The summed E-state index contributed by atoms with van der Waals surface area (Å²) in [7, 11) is 0. The summed E-state index contributed by atoms with van der Waals surface area (Å²) in [5.41, 5.74) is 7.72. The Morgan fingerprint density at radius 1 is 1.03 bits per heavy atom. The second kappa shape index (κ2) is 9.96. The lowest BCUT2D eigenvalue weighted by Crippen LogP contribution is -2.17. The van der Waals surface area contributed by atoms with Crippen molar-refractivity contribution in [3.05, 3.63) is 101 Å². The Kier molecular flexibility index (Phi) is 6.66. The number of fused-ring (bicyclic) bond motifs is 1. The fraction of sp³-hybridized carbons (Fsp3) is 0.185. The number of benzene rings is 3. The maximum atomic E-state index is 12.4. The van der Waals surface area contributed by atoms with Gasteiger partial charge in [0.25, 0.3) is 5.91 Å². The third-order valence-electron chi connectivity index (χ3n) is 5.25. The molecule has 1 heterocycles. The molecule has 0 spiro atoms. The molecule has 1 N–H and O–H groups in total. The number of hydrazone groups is 1. The van der Waals surface area contributed by atoms with Crippen molar-refractivity contribution in [3.63, 3.8) is 0 Å². The van der Waals surface area contributed by atoms with Gasteiger partial charge >= 0.3 is 0 Å². The minimum Gasteiger partial charge on any atom is -0.494 e. The lowest BCUT2D eigenvalue weighted by Gasteiger charge is -2.06. The number of aromatic nitrogens is 1. The first-order valence-corrected chi connectivity index (χ1v) is 10.8. The first-order valence-electron chi connectivity index (χ1n) is 10.8. The van der Waals surface area contributed by atoms with Gasteiger partial charge in [0.2, 0.25) is 0 Å². The molecule has 0 bridgehead atoms. The molecular weight excluding hydrogens is 398 g/mol. The maximum Gasteiger partial charge on any atom is 0.271 e. The molecule has 5 nitrogen and oxygen atoms in total. The number of nitrogens with zero attached hydrogens (tertiary/aromatic N) is 2. The van der Waals surface area contributed by atoms with E-state index in [4.69, 9.17) is 4.74 Å². The molecule has 0 aliphatic rings. The van der Waals surface area contributed by atoms with E-state index in [9.17, 15) is 4.79 Å². The number of carbonyl (C=O) groups is 1. The largest absolute Gasteiger partial charge is 0.494 e. The Morgan fingerprint density at radius 2 is 1.78 bits per heavy atom. The number of carbonyl (C=O) groups excluding carboxylic acids is 1. The topological polar surface area (TPSA) is 55.6 Å². The maximum absolute atomic E-state index is 12.4. The molecule has 1 amide bonds. The van der Waals surface area contributed by atoms with Crippen LogP contribution in [0.25, 0.3) is 10.9 Å². The summed E-state index contributed by atoms with van der Waals surface area (Å²) < 4.78 is 7.76. The van der Waals surface area contributed by atoms with Gasteiger partial charge in [0.15, 0.2) is 0 Å². The van der Waals surface area contributed by atoms with E-state index in [1.807, 2.05) is 12.1 Å². The summed E-state index contributed by atoms with van der Waals surface area (Å²) in [6.07, 6.45) is 4.71. The quantitative estimate of drug-likeness (QED) is 0.297. The molecular formula is C27H27N3O2. The standard InChI is InChI=1S/C27H27N3O2/c1-3-16-32-24-14-12-22(13-15-24)27(31)29-28-17-23-19-30(26-7-5-4-6-25(23)26)18-21-10-8-20(2)9-11-21/h4-15,17,19H,3,16,18H2,1-2H3,(H,29,31)/b28-17+. The minimum atomic E-state index is -0.258. The predicted molar refractivity (Wildman–Crippen MR) is 130 cm³/mol. The van der Waals surface area contributed by atoms with Crippen molar-refractivity contribution in [2.45, 2.75) is 26.8 Å². The summed E-state index contributed by atoms with van der Waals surface area (Å²) in [6, 6.07) is 23.8. The van der Waals surface area contributed by atoms with Crippen LogP contribution < -0.4 is 10.2 Å². The number of para-hydroxylation sites is 1. The van der Waals surface area contributed by atoms with Gasteiger partial charge in [-0.15, -0.1) is 0 Å². The number of amides is 1. The van der Waals surface area contributed by atoms with E-state index in [0.717, 1.165) is 35.2 Å². The van der Waals surface area contributed by atoms with E-state index in [1.54, 1.807) is 30.5 Å². The molecule has 5 heteroatoms. The Hall–Kier alpha value is -3.86. The molecule has 162 valence electrons. The second-order valence-corrected chi connectivity index (χ2v) is 7.79. The van der Waals surface area contributed by atoms with Crippen LogP contribution in [0.1, 0.15) is 40.4 Å². The summed E-state index contributed by atoms with van der Waals surface area (Å²) in [6.45, 7) is 5.58. The van der Waals surface area contributed by atoms with Crippen molar-refractivity contribution in [2.24, 2.45) is 5.10 Å². The molecule has 4 rings (SSSR count). The van der Waals surface area contributed by atoms with Gasteiger partial charge in [0.05, 0.1) is 12.8 Å². The predicted octanol–water partition coefficient (Wildman–Crippen LogP) is 5.55. The van der Waals surface area contributed by atoms with E-state index < -0.39 is 0 Å². The van der Waals surface area contributed by atoms with E-state index >= 15 is 0 Å². The highest BCUT2D eigenvalue weighted by Crippen LogP contribution is 2.21. The Bertz CT molecular complexity index is 1220. The number of hydrogen-bond donors (Lipinski definition) is 1. The zero-order valence-electron chi connectivity index (χ0n) is 18.4. The third-order valence-corrected chi connectivity index (χ3v) is 5.25. The summed E-state index contributed by atoms with van der Waals surface area (Å²) in [4.78, 5) is 12.4. The number of hydrogen-bond acceptors (Lipinski definition) is 3. The molecule has 3 aromatic carbocycles. The van der Waals surface area contributed by atoms with Crippen LogP contribution in [0.5, 0.6) is 5.75 Å². The molecule has 1 aromatic heterocycles. The van der Waals surface area contributed by atoms with Crippen LogP contribution in [0.2, 0.25) is 0 Å². The number of aryl methyl sites for hydroxylation is 1. The SMILES string of the molecule is CCCOc1ccc(C(=O)N/N=C/c2cn(Cc3ccc(C)cc3)c3ccccc23)cc1. The monoisotopic (exact) mass is 425 g/mol. The van der Waals surface area contributed by atoms with Crippen LogP contribution in [-0.2, 0) is 6.54 Å². The molecule has 0 aliphatic heterocycles. The molecule has 0 saturated carbocycles. The lowest BCUT2D eigenvalue weighted by molar-refractivity contribution is 0.0955. The second-order valence-electron chi connectivity index (χ2n) is 7.79. The number of rotatable bonds is 8. The van der Waals surface area contributed by atoms with E-state index in [1.165, 1.54) is 11.1 Å². The molecule has 0 aliphatic carbocycles. The van der Waals surface area contributed by atoms with Crippen molar-refractivity contribution < 1.29 is 9.53 Å². The van der Waals surface area contributed by atoms with Crippen molar-refractivity contribution in [1.29, 1.82) is 0 Å². The average molecular weight is 426 g/mol. The molecule has 0 unspecified atom stereocenters. The number of ether oxygens (including phenoxy) is 1. The summed E-state index contributed by atoms with van der Waals surface area (Å²) in [5, 5.41) is 5.30. The van der Waals surface area contributed by atoms with Gasteiger partial charge in [0.1, 0.15) is 5.75 Å². The third kappa shape index (κ3) is 5.06. The van der Waals surface area contributed by atoms with Crippen molar-refractivity contribution in [2.75, 3.05) is 6.61 Å². The molecule has 0 saturated heterocycles. The normalized spacial score (nSPS) is 11.2. The van der Waals surface area contributed by atoms with Crippen LogP contribution in [0.15, 0.2) is 84.1 Å². The molecule has 32 heavy (non-hydrogen) atoms. The lowest BCUT2D eigenvalue weighted by atomic mass is 10.1. The smallest absolute Gasteiger partial charge is 0.271 e. The van der Waals surface area contributed by atoms with Gasteiger partial charge in [-0.05, 0) is 49.2 Å². The summed E-state index contributed by atoms with van der Waals surface area (Å²) in [5.74, 6) is 0.500. The van der Waals surface area contributed by atoms with Gasteiger partial charge < -0.3 is 9.30 Å². The fourth-order valence-electron chi connectivity index (χ4n) is 3.55. The molecule has 0 fully saturated rings. The Morgan fingerprint density at radius 3 is 2.53 bits per heavy atom. The van der Waals surface area contributed by atoms with Gasteiger partial charge in [-0.1, -0.05) is 55.0 Å². The Labute approximate surface area is 188 Å². The molecule has 0 atom stereocenters. The van der Waals surface area contributed by atoms with E-state index in [-0.39, 0.29) is 5.91 Å². The first kappa shape index (κ1) is 21.4.